The van der Waals surface area contributed by atoms with Crippen molar-refractivity contribution in [3.63, 3.8) is 0 Å². The quantitative estimate of drug-likeness (QED) is 0.626. The van der Waals surface area contributed by atoms with Crippen LogP contribution in [-0.2, 0) is 5.41 Å². The van der Waals surface area contributed by atoms with Gasteiger partial charge in [-0.1, -0.05) is 12.1 Å². The fourth-order valence-electron chi connectivity index (χ4n) is 2.28. The molecule has 3 rings (SSSR count). The topological polar surface area (TPSA) is 55.2 Å². The molecule has 17 heavy (non-hydrogen) atoms. The van der Waals surface area contributed by atoms with E-state index >= 15 is 0 Å². The molecule has 0 heterocycles. The lowest BCUT2D eigenvalue weighted by molar-refractivity contribution is -0.384. The van der Waals surface area contributed by atoms with Gasteiger partial charge in [0.2, 0.25) is 0 Å². The van der Waals surface area contributed by atoms with Crippen LogP contribution in [0.4, 0.5) is 5.69 Å². The van der Waals surface area contributed by atoms with Crippen LogP contribution in [0.5, 0.6) is 0 Å². The molecule has 0 atom stereocenters. The summed E-state index contributed by atoms with van der Waals surface area (Å²) in [5.74, 6) is 0. The van der Waals surface area contributed by atoms with Gasteiger partial charge in [-0.25, -0.2) is 0 Å². The average molecular weight is 232 g/mol. The Kier molecular flexibility index (Phi) is 2.40. The second-order valence-corrected chi connectivity index (χ2v) is 5.24. The molecule has 4 nitrogen and oxygen atoms in total. The van der Waals surface area contributed by atoms with Crippen molar-refractivity contribution in [1.82, 2.24) is 5.32 Å². The lowest BCUT2D eigenvalue weighted by atomic mass is 9.95. The average Bonchev–Trinajstić information content (AvgIpc) is 3.22. The minimum atomic E-state index is -0.341. The summed E-state index contributed by atoms with van der Waals surface area (Å²) < 4.78 is 0. The number of nitro benzene ring substituents is 1. The molecule has 4 heteroatoms. The van der Waals surface area contributed by atoms with Crippen LogP contribution in [0.1, 0.15) is 31.2 Å². The molecule has 1 N–H and O–H groups in total. The fraction of sp³-hybridized carbons (Fsp3) is 0.538. The first-order valence-electron chi connectivity index (χ1n) is 6.18. The van der Waals surface area contributed by atoms with Crippen molar-refractivity contribution in [3.05, 3.63) is 39.9 Å². The Morgan fingerprint density at radius 1 is 1.29 bits per heavy atom. The Morgan fingerprint density at radius 3 is 2.41 bits per heavy atom. The third kappa shape index (κ3) is 2.17. The lowest BCUT2D eigenvalue weighted by Gasteiger charge is -2.16. The minimum Gasteiger partial charge on any atom is -0.313 e. The van der Waals surface area contributed by atoms with Crippen molar-refractivity contribution in [2.45, 2.75) is 37.1 Å². The summed E-state index contributed by atoms with van der Waals surface area (Å²) in [7, 11) is 0. The second-order valence-electron chi connectivity index (χ2n) is 5.24. The van der Waals surface area contributed by atoms with E-state index in [2.05, 4.69) is 5.32 Å². The Balaban J connectivity index is 1.71. The van der Waals surface area contributed by atoms with Crippen LogP contribution in [0.2, 0.25) is 0 Å². The van der Waals surface area contributed by atoms with Crippen molar-refractivity contribution in [1.29, 1.82) is 0 Å². The summed E-state index contributed by atoms with van der Waals surface area (Å²) in [6.07, 6.45) is 5.00. The van der Waals surface area contributed by atoms with Crippen LogP contribution < -0.4 is 5.32 Å². The van der Waals surface area contributed by atoms with E-state index in [1.54, 1.807) is 12.1 Å². The zero-order valence-electron chi connectivity index (χ0n) is 9.69. The van der Waals surface area contributed by atoms with Gasteiger partial charge in [-0.15, -0.1) is 0 Å². The molecule has 0 radical (unpaired) electrons. The monoisotopic (exact) mass is 232 g/mol. The van der Waals surface area contributed by atoms with Gasteiger partial charge in [0.25, 0.3) is 5.69 Å². The molecule has 2 aliphatic carbocycles. The highest BCUT2D eigenvalue weighted by molar-refractivity contribution is 5.39. The molecule has 1 aromatic carbocycles. The van der Waals surface area contributed by atoms with Crippen LogP contribution >= 0.6 is 0 Å². The SMILES string of the molecule is O=[N+]([O-])c1ccc(C2(CNC3CC3)CC2)cc1. The van der Waals surface area contributed by atoms with Crippen LogP contribution in [0.15, 0.2) is 24.3 Å². The summed E-state index contributed by atoms with van der Waals surface area (Å²) in [4.78, 5) is 10.3. The number of benzene rings is 1. The summed E-state index contributed by atoms with van der Waals surface area (Å²) in [5.41, 5.74) is 1.69. The van der Waals surface area contributed by atoms with Crippen LogP contribution in [-0.4, -0.2) is 17.5 Å². The van der Waals surface area contributed by atoms with Gasteiger partial charge in [0.15, 0.2) is 0 Å². The van der Waals surface area contributed by atoms with Gasteiger partial charge in [-0.2, -0.15) is 0 Å². The third-order valence-electron chi connectivity index (χ3n) is 3.85. The highest BCUT2D eigenvalue weighted by atomic mass is 16.6. The van der Waals surface area contributed by atoms with Crippen molar-refractivity contribution in [2.24, 2.45) is 0 Å². The van der Waals surface area contributed by atoms with Crippen LogP contribution in [0, 0.1) is 10.1 Å². The Hall–Kier alpha value is -1.42. The van der Waals surface area contributed by atoms with E-state index in [4.69, 9.17) is 0 Å². The molecule has 2 fully saturated rings. The van der Waals surface area contributed by atoms with Gasteiger partial charge >= 0.3 is 0 Å². The van der Waals surface area contributed by atoms with Gasteiger partial charge in [0, 0.05) is 30.1 Å². The molecule has 0 aliphatic heterocycles. The van der Waals surface area contributed by atoms with Gasteiger partial charge in [-0.05, 0) is 31.2 Å². The highest BCUT2D eigenvalue weighted by Crippen LogP contribution is 2.48. The number of non-ortho nitro benzene ring substituents is 1. The maximum Gasteiger partial charge on any atom is 0.269 e. The van der Waals surface area contributed by atoms with Crippen molar-refractivity contribution >= 4 is 5.69 Å². The van der Waals surface area contributed by atoms with Gasteiger partial charge in [-0.3, -0.25) is 10.1 Å². The number of hydrogen-bond donors (Lipinski definition) is 1. The molecular formula is C13H16N2O2. The Labute approximate surface area is 100 Å². The molecule has 2 saturated carbocycles. The minimum absolute atomic E-state index is 0.180. The molecule has 0 unspecified atom stereocenters. The first-order valence-corrected chi connectivity index (χ1v) is 6.18. The van der Waals surface area contributed by atoms with E-state index in [9.17, 15) is 10.1 Å². The molecular weight excluding hydrogens is 216 g/mol. The predicted molar refractivity (Wildman–Crippen MR) is 65.0 cm³/mol. The molecule has 0 bridgehead atoms. The number of nitro groups is 1. The fourth-order valence-corrected chi connectivity index (χ4v) is 2.28. The first-order chi connectivity index (χ1) is 8.20. The summed E-state index contributed by atoms with van der Waals surface area (Å²) >= 11 is 0. The van der Waals surface area contributed by atoms with Gasteiger partial charge in [0.1, 0.15) is 0 Å². The van der Waals surface area contributed by atoms with Crippen molar-refractivity contribution < 1.29 is 4.92 Å². The van der Waals surface area contributed by atoms with E-state index in [-0.39, 0.29) is 16.0 Å². The maximum atomic E-state index is 10.6. The number of hydrogen-bond acceptors (Lipinski definition) is 3. The maximum absolute atomic E-state index is 10.6. The third-order valence-corrected chi connectivity index (χ3v) is 3.85. The standard InChI is InChI=1S/C13H16N2O2/c16-15(17)12-5-1-10(2-6-12)13(7-8-13)9-14-11-3-4-11/h1-2,5-6,11,14H,3-4,7-9H2. The highest BCUT2D eigenvalue weighted by Gasteiger charge is 2.44. The van der Waals surface area contributed by atoms with Crippen molar-refractivity contribution in [3.8, 4) is 0 Å². The zero-order valence-corrected chi connectivity index (χ0v) is 9.69. The van der Waals surface area contributed by atoms with Gasteiger partial charge < -0.3 is 5.32 Å². The zero-order chi connectivity index (χ0) is 11.9. The molecule has 0 amide bonds. The summed E-state index contributed by atoms with van der Waals surface area (Å²) in [6.45, 7) is 1.02. The first kappa shape index (κ1) is 10.7. The molecule has 1 aromatic rings. The van der Waals surface area contributed by atoms with Crippen LogP contribution in [0.3, 0.4) is 0 Å². The Morgan fingerprint density at radius 2 is 1.94 bits per heavy atom. The van der Waals surface area contributed by atoms with E-state index < -0.39 is 0 Å². The molecule has 90 valence electrons. The van der Waals surface area contributed by atoms with E-state index in [0.717, 1.165) is 12.6 Å². The number of rotatable bonds is 5. The summed E-state index contributed by atoms with van der Waals surface area (Å²) in [5, 5.41) is 14.2. The largest absolute Gasteiger partial charge is 0.313 e. The predicted octanol–water partition coefficient (Wildman–Crippen LogP) is 2.38. The summed E-state index contributed by atoms with van der Waals surface area (Å²) in [6, 6.07) is 7.80. The van der Waals surface area contributed by atoms with Crippen LogP contribution in [0.25, 0.3) is 0 Å². The second kappa shape index (κ2) is 3.81. The molecule has 0 saturated heterocycles. The normalized spacial score (nSPS) is 21.2. The van der Waals surface area contributed by atoms with E-state index in [1.807, 2.05) is 12.1 Å². The lowest BCUT2D eigenvalue weighted by Crippen LogP contribution is -2.28. The van der Waals surface area contributed by atoms with E-state index in [1.165, 1.54) is 31.2 Å². The molecule has 0 spiro atoms. The van der Waals surface area contributed by atoms with E-state index in [0.29, 0.717) is 0 Å². The number of nitrogens with zero attached hydrogens (tertiary/aromatic N) is 1. The van der Waals surface area contributed by atoms with Crippen molar-refractivity contribution in [2.75, 3.05) is 6.54 Å². The van der Waals surface area contributed by atoms with Gasteiger partial charge in [0.05, 0.1) is 4.92 Å². The smallest absolute Gasteiger partial charge is 0.269 e. The molecule has 0 aromatic heterocycles. The number of nitrogens with one attached hydrogen (secondary N) is 1. The molecule has 2 aliphatic rings. The Bertz CT molecular complexity index is 433.